The summed E-state index contributed by atoms with van der Waals surface area (Å²) >= 11 is 0. The molecule has 11 heteroatoms. The number of rotatable bonds is 3. The zero-order valence-corrected chi connectivity index (χ0v) is 19.8. The van der Waals surface area contributed by atoms with Crippen molar-refractivity contribution in [1.29, 1.82) is 5.26 Å². The molecule has 0 spiro atoms. The van der Waals surface area contributed by atoms with Crippen LogP contribution in [0.4, 0.5) is 10.1 Å². The zero-order chi connectivity index (χ0) is 24.9. The van der Waals surface area contributed by atoms with Gasteiger partial charge < -0.3 is 15.8 Å². The third-order valence-corrected chi connectivity index (χ3v) is 9.72. The van der Waals surface area contributed by atoms with E-state index in [0.29, 0.717) is 22.6 Å². The van der Waals surface area contributed by atoms with Crippen molar-refractivity contribution >= 4 is 28.0 Å². The standard InChI is InChI=1S/C23H26FN5O4S/c1-13-8-14(10-25)11-27-19(13)20(30)28-15-4-5-17-16(9-15)23(12-24)18(6-7-33-17)34(31,32)22(2,3)21(26)29-23/h4-5,8-9,11,18,31-32H,6-7,12H2,1-3H3,(H2,26,29)(H,28,30)/t18-,23+/m0/s1. The van der Waals surface area contributed by atoms with Crippen LogP contribution in [0.5, 0.6) is 5.75 Å². The van der Waals surface area contributed by atoms with E-state index in [2.05, 4.69) is 15.3 Å². The summed E-state index contributed by atoms with van der Waals surface area (Å²) in [5.41, 5.74) is 6.06. The monoisotopic (exact) mass is 487 g/mol. The summed E-state index contributed by atoms with van der Waals surface area (Å²) in [5, 5.41) is 10.8. The molecule has 0 aliphatic carbocycles. The number of aliphatic imine (C=N–C) groups is 1. The molecule has 1 amide bonds. The van der Waals surface area contributed by atoms with E-state index in [-0.39, 0.29) is 30.1 Å². The van der Waals surface area contributed by atoms with Crippen LogP contribution in [-0.2, 0) is 5.54 Å². The number of benzene rings is 1. The Bertz CT molecular complexity index is 1240. The molecule has 0 unspecified atom stereocenters. The second kappa shape index (κ2) is 8.23. The lowest BCUT2D eigenvalue weighted by Gasteiger charge is -2.58. The van der Waals surface area contributed by atoms with Crippen molar-refractivity contribution in [2.24, 2.45) is 10.7 Å². The van der Waals surface area contributed by atoms with Crippen molar-refractivity contribution in [2.45, 2.75) is 42.7 Å². The van der Waals surface area contributed by atoms with E-state index in [1.165, 1.54) is 12.3 Å². The van der Waals surface area contributed by atoms with Gasteiger partial charge in [-0.1, -0.05) is 0 Å². The minimum Gasteiger partial charge on any atom is -0.493 e. The molecule has 4 rings (SSSR count). The Morgan fingerprint density at radius 1 is 1.41 bits per heavy atom. The van der Waals surface area contributed by atoms with Crippen LogP contribution in [0.2, 0.25) is 0 Å². The number of carbonyl (C=O) groups is 1. The molecule has 0 saturated carbocycles. The van der Waals surface area contributed by atoms with Crippen molar-refractivity contribution in [3.05, 3.63) is 52.8 Å². The number of amidine groups is 1. The Morgan fingerprint density at radius 3 is 2.79 bits per heavy atom. The van der Waals surface area contributed by atoms with E-state index in [9.17, 15) is 18.3 Å². The molecule has 1 aromatic carbocycles. The van der Waals surface area contributed by atoms with Gasteiger partial charge in [0.1, 0.15) is 40.3 Å². The fourth-order valence-corrected chi connectivity index (χ4v) is 6.72. The molecule has 2 atom stereocenters. The third-order valence-electron chi connectivity index (χ3n) is 6.58. The smallest absolute Gasteiger partial charge is 0.274 e. The molecule has 1 aromatic heterocycles. The molecular weight excluding hydrogens is 461 g/mol. The highest BCUT2D eigenvalue weighted by molar-refractivity contribution is 8.26. The third kappa shape index (κ3) is 3.50. The number of nitrogens with one attached hydrogen (secondary N) is 1. The van der Waals surface area contributed by atoms with Gasteiger partial charge in [-0.3, -0.25) is 18.9 Å². The number of nitrogens with zero attached hydrogens (tertiary/aromatic N) is 3. The molecule has 0 fully saturated rings. The summed E-state index contributed by atoms with van der Waals surface area (Å²) in [6.07, 6.45) is 1.47. The van der Waals surface area contributed by atoms with E-state index in [4.69, 9.17) is 15.7 Å². The molecule has 5 N–H and O–H groups in total. The molecule has 9 nitrogen and oxygen atoms in total. The highest BCUT2D eigenvalue weighted by Gasteiger charge is 2.59. The molecule has 0 radical (unpaired) electrons. The Balaban J connectivity index is 1.79. The number of aryl methyl sites for hydroxylation is 1. The molecule has 2 aliphatic rings. The van der Waals surface area contributed by atoms with Crippen LogP contribution in [-0.4, -0.2) is 49.1 Å². The van der Waals surface area contributed by atoms with Crippen LogP contribution >= 0.6 is 10.6 Å². The van der Waals surface area contributed by atoms with Gasteiger partial charge in [-0.15, -0.1) is 0 Å². The number of fused-ring (bicyclic) bond motifs is 3. The average molecular weight is 488 g/mol. The number of hydrogen-bond acceptors (Lipinski definition) is 8. The number of pyridine rings is 1. The van der Waals surface area contributed by atoms with E-state index in [1.807, 2.05) is 6.07 Å². The maximum atomic E-state index is 14.9. The molecule has 2 aliphatic heterocycles. The normalized spacial score (nSPS) is 25.3. The molecule has 3 heterocycles. The molecule has 2 aromatic rings. The summed E-state index contributed by atoms with van der Waals surface area (Å²) in [4.78, 5) is 21.4. The van der Waals surface area contributed by atoms with Crippen LogP contribution in [0.3, 0.4) is 0 Å². The maximum Gasteiger partial charge on any atom is 0.274 e. The van der Waals surface area contributed by atoms with Gasteiger partial charge in [-0.2, -0.15) is 15.9 Å². The van der Waals surface area contributed by atoms with Gasteiger partial charge >= 0.3 is 0 Å². The van der Waals surface area contributed by atoms with Gasteiger partial charge in [-0.25, -0.2) is 9.37 Å². The molecule has 34 heavy (non-hydrogen) atoms. The van der Waals surface area contributed by atoms with Crippen LogP contribution in [0.15, 0.2) is 35.5 Å². The number of aromatic nitrogens is 1. The van der Waals surface area contributed by atoms with Crippen LogP contribution < -0.4 is 15.8 Å². The second-order valence-electron chi connectivity index (χ2n) is 8.95. The zero-order valence-electron chi connectivity index (χ0n) is 19.0. The Kier molecular flexibility index (Phi) is 5.80. The topological polar surface area (TPSA) is 154 Å². The Hall–Kier alpha value is -3.20. The minimum absolute atomic E-state index is 0.0545. The van der Waals surface area contributed by atoms with E-state index in [0.717, 1.165) is 0 Å². The first kappa shape index (κ1) is 23.9. The molecular formula is C23H26FN5O4S. The fourth-order valence-electron chi connectivity index (χ4n) is 4.44. The van der Waals surface area contributed by atoms with E-state index < -0.39 is 38.7 Å². The summed E-state index contributed by atoms with van der Waals surface area (Å²) in [7, 11) is -3.44. The lowest BCUT2D eigenvalue weighted by atomic mass is 9.85. The second-order valence-corrected chi connectivity index (χ2v) is 11.7. The minimum atomic E-state index is -3.44. The summed E-state index contributed by atoms with van der Waals surface area (Å²) in [6, 6.07) is 8.23. The quantitative estimate of drug-likeness (QED) is 0.514. The van der Waals surface area contributed by atoms with Crippen LogP contribution in [0.25, 0.3) is 0 Å². The van der Waals surface area contributed by atoms with Crippen LogP contribution in [0.1, 0.15) is 47.4 Å². The number of anilines is 1. The number of nitrogens with two attached hydrogens (primary N) is 1. The number of halogens is 1. The van der Waals surface area contributed by atoms with Gasteiger partial charge in [0.25, 0.3) is 5.91 Å². The first-order chi connectivity index (χ1) is 16.0. The number of carbonyl (C=O) groups excluding carboxylic acids is 1. The number of nitriles is 1. The lowest BCUT2D eigenvalue weighted by molar-refractivity contribution is 0.102. The van der Waals surface area contributed by atoms with Gasteiger partial charge in [-0.05, 0) is 50.6 Å². The lowest BCUT2D eigenvalue weighted by Crippen LogP contribution is -2.58. The SMILES string of the molecule is Cc1cc(C#N)cnc1C(=O)Nc1ccc2c(c1)[C@@]1(CF)N=C(N)C(C)(C)S(O)(O)[C@H]1CCO2. The number of ether oxygens (including phenoxy) is 1. The van der Waals surface area contributed by atoms with Crippen molar-refractivity contribution in [2.75, 3.05) is 18.6 Å². The number of alkyl halides is 1. The summed E-state index contributed by atoms with van der Waals surface area (Å²) in [5.74, 6) is -0.238. The van der Waals surface area contributed by atoms with Crippen molar-refractivity contribution in [1.82, 2.24) is 4.98 Å². The van der Waals surface area contributed by atoms with Crippen molar-refractivity contribution in [3.8, 4) is 11.8 Å². The van der Waals surface area contributed by atoms with Crippen LogP contribution in [0, 0.1) is 18.3 Å². The average Bonchev–Trinajstić information content (AvgIpc) is 2.95. The predicted octanol–water partition coefficient (Wildman–Crippen LogP) is 3.73. The summed E-state index contributed by atoms with van der Waals surface area (Å²) < 4.78 is 41.9. The maximum absolute atomic E-state index is 14.9. The first-order valence-corrected chi connectivity index (χ1v) is 12.2. The van der Waals surface area contributed by atoms with Crippen molar-refractivity contribution in [3.63, 3.8) is 0 Å². The molecule has 180 valence electrons. The Morgan fingerprint density at radius 2 is 2.15 bits per heavy atom. The predicted molar refractivity (Wildman–Crippen MR) is 128 cm³/mol. The highest BCUT2D eigenvalue weighted by Crippen LogP contribution is 2.66. The van der Waals surface area contributed by atoms with Gasteiger partial charge in [0.05, 0.1) is 17.4 Å². The number of amides is 1. The first-order valence-electron chi connectivity index (χ1n) is 10.6. The fraction of sp³-hybridized carbons (Fsp3) is 0.391. The largest absolute Gasteiger partial charge is 0.493 e. The summed E-state index contributed by atoms with van der Waals surface area (Å²) in [6.45, 7) is 3.94. The number of hydrogen-bond donors (Lipinski definition) is 4. The van der Waals surface area contributed by atoms with Crippen molar-refractivity contribution < 1.29 is 23.0 Å². The Labute approximate surface area is 198 Å². The van der Waals surface area contributed by atoms with E-state index >= 15 is 0 Å². The van der Waals surface area contributed by atoms with Gasteiger partial charge in [0.15, 0.2) is 0 Å². The van der Waals surface area contributed by atoms with E-state index in [1.54, 1.807) is 39.0 Å². The van der Waals surface area contributed by atoms with Gasteiger partial charge in [0.2, 0.25) is 0 Å². The molecule has 0 saturated heterocycles. The van der Waals surface area contributed by atoms with Gasteiger partial charge in [0, 0.05) is 23.9 Å². The molecule has 0 bridgehead atoms. The highest BCUT2D eigenvalue weighted by atomic mass is 32.3.